The highest BCUT2D eigenvalue weighted by Crippen LogP contribution is 2.25. The van der Waals surface area contributed by atoms with Gasteiger partial charge in [0, 0.05) is 20.0 Å². The Morgan fingerprint density at radius 3 is 3.05 bits per heavy atom. The van der Waals surface area contributed by atoms with Crippen LogP contribution >= 0.6 is 0 Å². The number of furan rings is 1. The van der Waals surface area contributed by atoms with Crippen molar-refractivity contribution in [2.45, 2.75) is 19.4 Å². The van der Waals surface area contributed by atoms with Crippen LogP contribution in [0.25, 0.3) is 0 Å². The SMILES string of the molecule is CN=C(NCCc1ccc2c(c1)CCO2)NCc1ccco1. The molecule has 0 fully saturated rings. The third kappa shape index (κ3) is 3.61. The molecule has 0 atom stereocenters. The highest BCUT2D eigenvalue weighted by molar-refractivity contribution is 5.79. The number of guanidine groups is 1. The number of ether oxygens (including phenoxy) is 1. The minimum absolute atomic E-state index is 0.628. The smallest absolute Gasteiger partial charge is 0.191 e. The lowest BCUT2D eigenvalue weighted by Gasteiger charge is -2.11. The Bertz CT molecular complexity index is 635. The summed E-state index contributed by atoms with van der Waals surface area (Å²) in [7, 11) is 1.77. The Hall–Kier alpha value is -2.43. The second-order valence-corrected chi connectivity index (χ2v) is 5.22. The van der Waals surface area contributed by atoms with Crippen molar-refractivity contribution in [3.63, 3.8) is 0 Å². The Balaban J connectivity index is 1.45. The molecule has 2 aromatic rings. The molecule has 116 valence electrons. The zero-order chi connectivity index (χ0) is 15.2. The Morgan fingerprint density at radius 1 is 1.27 bits per heavy atom. The fraction of sp³-hybridized carbons (Fsp3) is 0.353. The van der Waals surface area contributed by atoms with Gasteiger partial charge in [-0.25, -0.2) is 0 Å². The van der Waals surface area contributed by atoms with E-state index in [0.717, 1.165) is 43.5 Å². The Kier molecular flexibility index (Phi) is 4.63. The third-order valence-electron chi connectivity index (χ3n) is 3.69. The van der Waals surface area contributed by atoms with Gasteiger partial charge in [0.25, 0.3) is 0 Å². The number of rotatable bonds is 5. The van der Waals surface area contributed by atoms with E-state index in [0.29, 0.717) is 6.54 Å². The van der Waals surface area contributed by atoms with E-state index in [1.165, 1.54) is 11.1 Å². The topological polar surface area (TPSA) is 58.8 Å². The fourth-order valence-electron chi connectivity index (χ4n) is 2.53. The highest BCUT2D eigenvalue weighted by atomic mass is 16.5. The van der Waals surface area contributed by atoms with Gasteiger partial charge in [-0.15, -0.1) is 0 Å². The molecule has 0 bridgehead atoms. The largest absolute Gasteiger partial charge is 0.493 e. The summed E-state index contributed by atoms with van der Waals surface area (Å²) >= 11 is 0. The second kappa shape index (κ2) is 7.02. The molecule has 2 N–H and O–H groups in total. The number of hydrogen-bond acceptors (Lipinski definition) is 3. The maximum absolute atomic E-state index is 5.53. The van der Waals surface area contributed by atoms with Crippen LogP contribution in [0.15, 0.2) is 46.0 Å². The van der Waals surface area contributed by atoms with Gasteiger partial charge >= 0.3 is 0 Å². The molecule has 0 aliphatic carbocycles. The molecule has 1 aliphatic heterocycles. The molecule has 22 heavy (non-hydrogen) atoms. The monoisotopic (exact) mass is 299 g/mol. The lowest BCUT2D eigenvalue weighted by molar-refractivity contribution is 0.357. The van der Waals surface area contributed by atoms with Crippen molar-refractivity contribution in [2.24, 2.45) is 4.99 Å². The van der Waals surface area contributed by atoms with Gasteiger partial charge in [0.2, 0.25) is 0 Å². The van der Waals surface area contributed by atoms with Gasteiger partial charge in [-0.05, 0) is 35.7 Å². The van der Waals surface area contributed by atoms with Crippen LogP contribution in [0.3, 0.4) is 0 Å². The lowest BCUT2D eigenvalue weighted by atomic mass is 10.1. The van der Waals surface area contributed by atoms with Crippen molar-refractivity contribution in [3.8, 4) is 5.75 Å². The average molecular weight is 299 g/mol. The molecular weight excluding hydrogens is 278 g/mol. The molecule has 0 spiro atoms. The second-order valence-electron chi connectivity index (χ2n) is 5.22. The number of aliphatic imine (C=N–C) groups is 1. The highest BCUT2D eigenvalue weighted by Gasteiger charge is 2.11. The predicted molar refractivity (Wildman–Crippen MR) is 86.3 cm³/mol. The van der Waals surface area contributed by atoms with Crippen LogP contribution in [0.4, 0.5) is 0 Å². The number of nitrogens with zero attached hydrogens (tertiary/aromatic N) is 1. The van der Waals surface area contributed by atoms with Crippen LogP contribution in [-0.2, 0) is 19.4 Å². The molecule has 3 rings (SSSR count). The van der Waals surface area contributed by atoms with Crippen molar-refractivity contribution in [1.29, 1.82) is 0 Å². The van der Waals surface area contributed by atoms with Crippen LogP contribution < -0.4 is 15.4 Å². The summed E-state index contributed by atoms with van der Waals surface area (Å²) in [4.78, 5) is 4.21. The summed E-state index contributed by atoms with van der Waals surface area (Å²) in [5.41, 5.74) is 2.64. The van der Waals surface area contributed by atoms with Gasteiger partial charge in [0.15, 0.2) is 5.96 Å². The lowest BCUT2D eigenvalue weighted by Crippen LogP contribution is -2.37. The molecular formula is C17H21N3O2. The maximum Gasteiger partial charge on any atom is 0.191 e. The standard InChI is InChI=1S/C17H21N3O2/c1-18-17(20-12-15-3-2-9-21-15)19-8-6-13-4-5-16-14(11-13)7-10-22-16/h2-5,9,11H,6-8,10,12H2,1H3,(H2,18,19,20). The molecule has 5 heteroatoms. The van der Waals surface area contributed by atoms with Crippen LogP contribution in [0.2, 0.25) is 0 Å². The van der Waals surface area contributed by atoms with E-state index in [-0.39, 0.29) is 0 Å². The van der Waals surface area contributed by atoms with E-state index in [9.17, 15) is 0 Å². The number of nitrogens with one attached hydrogen (secondary N) is 2. The van der Waals surface area contributed by atoms with E-state index in [4.69, 9.17) is 9.15 Å². The first-order chi connectivity index (χ1) is 10.8. The van der Waals surface area contributed by atoms with E-state index >= 15 is 0 Å². The Morgan fingerprint density at radius 2 is 2.23 bits per heavy atom. The quantitative estimate of drug-likeness (QED) is 0.656. The summed E-state index contributed by atoms with van der Waals surface area (Å²) in [5.74, 6) is 2.70. The van der Waals surface area contributed by atoms with E-state index in [1.807, 2.05) is 12.1 Å². The van der Waals surface area contributed by atoms with Gasteiger partial charge in [-0.1, -0.05) is 12.1 Å². The van der Waals surface area contributed by atoms with Gasteiger partial charge in [0.05, 0.1) is 19.4 Å². The summed E-state index contributed by atoms with van der Waals surface area (Å²) < 4.78 is 10.8. The van der Waals surface area contributed by atoms with Gasteiger partial charge in [-0.2, -0.15) is 0 Å². The first kappa shape index (κ1) is 14.5. The normalized spacial score (nSPS) is 13.6. The molecule has 0 saturated heterocycles. The van der Waals surface area contributed by atoms with Crippen LogP contribution in [-0.4, -0.2) is 26.2 Å². The fourth-order valence-corrected chi connectivity index (χ4v) is 2.53. The van der Waals surface area contributed by atoms with E-state index in [2.05, 4.69) is 33.8 Å². The predicted octanol–water partition coefficient (Wildman–Crippen LogP) is 2.12. The molecule has 0 unspecified atom stereocenters. The zero-order valence-corrected chi connectivity index (χ0v) is 12.8. The number of benzene rings is 1. The third-order valence-corrected chi connectivity index (χ3v) is 3.69. The molecule has 0 radical (unpaired) electrons. The molecule has 0 saturated carbocycles. The van der Waals surface area contributed by atoms with Crippen LogP contribution in [0, 0.1) is 0 Å². The van der Waals surface area contributed by atoms with Crippen molar-refractivity contribution < 1.29 is 9.15 Å². The van der Waals surface area contributed by atoms with Gasteiger partial charge < -0.3 is 19.8 Å². The summed E-state index contributed by atoms with van der Waals surface area (Å²) in [6, 6.07) is 10.3. The number of hydrogen-bond donors (Lipinski definition) is 2. The zero-order valence-electron chi connectivity index (χ0n) is 12.8. The Labute approximate surface area is 130 Å². The molecule has 2 heterocycles. The maximum atomic E-state index is 5.53. The van der Waals surface area contributed by atoms with Crippen molar-refractivity contribution in [1.82, 2.24) is 10.6 Å². The molecule has 1 aliphatic rings. The minimum Gasteiger partial charge on any atom is -0.493 e. The van der Waals surface area contributed by atoms with E-state index in [1.54, 1.807) is 13.3 Å². The molecule has 1 aromatic carbocycles. The van der Waals surface area contributed by atoms with Crippen LogP contribution in [0.5, 0.6) is 5.75 Å². The van der Waals surface area contributed by atoms with Gasteiger partial charge in [-0.3, -0.25) is 4.99 Å². The average Bonchev–Trinajstić information content (AvgIpc) is 3.21. The molecule has 0 amide bonds. The van der Waals surface area contributed by atoms with E-state index < -0.39 is 0 Å². The molecule has 5 nitrogen and oxygen atoms in total. The summed E-state index contributed by atoms with van der Waals surface area (Å²) in [6.07, 6.45) is 3.64. The van der Waals surface area contributed by atoms with Crippen molar-refractivity contribution in [2.75, 3.05) is 20.2 Å². The van der Waals surface area contributed by atoms with Crippen LogP contribution in [0.1, 0.15) is 16.9 Å². The molecule has 1 aromatic heterocycles. The first-order valence-electron chi connectivity index (χ1n) is 7.56. The summed E-state index contributed by atoms with van der Waals surface area (Å²) in [6.45, 7) is 2.26. The number of fused-ring (bicyclic) bond motifs is 1. The first-order valence-corrected chi connectivity index (χ1v) is 7.56. The minimum atomic E-state index is 0.628. The van der Waals surface area contributed by atoms with Crippen molar-refractivity contribution in [3.05, 3.63) is 53.5 Å². The van der Waals surface area contributed by atoms with Crippen molar-refractivity contribution >= 4 is 5.96 Å². The van der Waals surface area contributed by atoms with Gasteiger partial charge in [0.1, 0.15) is 11.5 Å². The summed E-state index contributed by atoms with van der Waals surface area (Å²) in [5, 5.41) is 6.54.